The summed E-state index contributed by atoms with van der Waals surface area (Å²) in [6.07, 6.45) is -3.85. The molecule has 10 nitrogen and oxygen atoms in total. The molecule has 4 amide bonds. The summed E-state index contributed by atoms with van der Waals surface area (Å²) in [5, 5.41) is 5.61. The summed E-state index contributed by atoms with van der Waals surface area (Å²) >= 11 is 0. The number of methoxy groups -OCH3 is 1. The summed E-state index contributed by atoms with van der Waals surface area (Å²) in [4.78, 5) is 44.8. The summed E-state index contributed by atoms with van der Waals surface area (Å²) in [7, 11) is 1.52. The van der Waals surface area contributed by atoms with Crippen LogP contribution in [0, 0.1) is 0 Å². The van der Waals surface area contributed by atoms with Gasteiger partial charge in [-0.15, -0.1) is 0 Å². The van der Waals surface area contributed by atoms with E-state index in [0.29, 0.717) is 61.7 Å². The Balaban J connectivity index is 1.55. The number of halogens is 3. The van der Waals surface area contributed by atoms with Gasteiger partial charge in [-0.05, 0) is 50.6 Å². The second-order valence-corrected chi connectivity index (χ2v) is 10.1. The number of rotatable bonds is 8. The maximum absolute atomic E-state index is 13.4. The lowest BCUT2D eigenvalue weighted by Crippen LogP contribution is -2.51. The average molecular weight is 604 g/mol. The van der Waals surface area contributed by atoms with Gasteiger partial charge in [0.25, 0.3) is 0 Å². The molecule has 2 aromatic carbocycles. The minimum atomic E-state index is -4.46. The van der Waals surface area contributed by atoms with E-state index in [-0.39, 0.29) is 24.9 Å². The van der Waals surface area contributed by atoms with E-state index in [2.05, 4.69) is 15.5 Å². The number of hydrogen-bond donors (Lipinski definition) is 2. The number of carbonyl (C=O) groups excluding carboxylic acids is 3. The molecule has 0 aromatic heterocycles. The van der Waals surface area contributed by atoms with E-state index in [0.717, 1.165) is 12.1 Å². The molecule has 2 aromatic rings. The SMILES string of the molecule is CCOC(=O)C1=C(CN2CCCN(C(=O)Nc3ccc(C(F)(F)F)cc3)CC2)N(CC)C(=O)NC1c1ccccc1OC. The summed E-state index contributed by atoms with van der Waals surface area (Å²) < 4.78 is 49.6. The van der Waals surface area contributed by atoms with Crippen molar-refractivity contribution in [1.29, 1.82) is 0 Å². The third-order valence-corrected chi connectivity index (χ3v) is 7.41. The van der Waals surface area contributed by atoms with Crippen molar-refractivity contribution < 1.29 is 37.0 Å². The van der Waals surface area contributed by atoms with Crippen LogP contribution < -0.4 is 15.4 Å². The highest BCUT2D eigenvalue weighted by Gasteiger charge is 2.39. The van der Waals surface area contributed by atoms with Crippen LogP contribution in [0.1, 0.15) is 37.4 Å². The van der Waals surface area contributed by atoms with Crippen LogP contribution in [-0.4, -0.2) is 85.7 Å². The summed E-state index contributed by atoms with van der Waals surface area (Å²) in [6.45, 7) is 6.06. The number of hydrogen-bond acceptors (Lipinski definition) is 6. The zero-order chi connectivity index (χ0) is 31.1. The van der Waals surface area contributed by atoms with E-state index in [1.165, 1.54) is 24.1 Å². The van der Waals surface area contributed by atoms with Crippen LogP contribution >= 0.6 is 0 Å². The number of anilines is 1. The Hall–Kier alpha value is -4.26. The van der Waals surface area contributed by atoms with Crippen molar-refractivity contribution in [3.63, 3.8) is 0 Å². The lowest BCUT2D eigenvalue weighted by atomic mass is 9.93. The molecular weight excluding hydrogens is 567 g/mol. The monoisotopic (exact) mass is 603 g/mol. The van der Waals surface area contributed by atoms with Gasteiger partial charge in [-0.1, -0.05) is 18.2 Å². The van der Waals surface area contributed by atoms with Gasteiger partial charge in [-0.3, -0.25) is 9.80 Å². The van der Waals surface area contributed by atoms with Crippen molar-refractivity contribution in [2.75, 3.05) is 58.3 Å². The molecular formula is C30H36F3N5O5. The van der Waals surface area contributed by atoms with Crippen LogP contribution in [-0.2, 0) is 15.7 Å². The number of nitrogens with zero attached hydrogens (tertiary/aromatic N) is 3. The van der Waals surface area contributed by atoms with Gasteiger partial charge in [0.05, 0.1) is 30.9 Å². The maximum Gasteiger partial charge on any atom is 0.416 e. The Morgan fingerprint density at radius 1 is 1.02 bits per heavy atom. The minimum absolute atomic E-state index is 0.154. The van der Waals surface area contributed by atoms with E-state index in [1.54, 1.807) is 36.1 Å². The number of para-hydroxylation sites is 1. The largest absolute Gasteiger partial charge is 0.496 e. The molecule has 2 N–H and O–H groups in total. The summed E-state index contributed by atoms with van der Waals surface area (Å²) in [6, 6.07) is 9.88. The van der Waals surface area contributed by atoms with Gasteiger partial charge in [0.2, 0.25) is 0 Å². The Morgan fingerprint density at radius 3 is 2.40 bits per heavy atom. The molecule has 2 heterocycles. The predicted molar refractivity (Wildman–Crippen MR) is 153 cm³/mol. The number of alkyl halides is 3. The fourth-order valence-electron chi connectivity index (χ4n) is 5.28. The first-order valence-electron chi connectivity index (χ1n) is 14.1. The molecule has 0 aliphatic carbocycles. The summed E-state index contributed by atoms with van der Waals surface area (Å²) in [5.74, 6) is -0.0254. The fraction of sp³-hybridized carbons (Fsp3) is 0.433. The topological polar surface area (TPSA) is 103 Å². The zero-order valence-corrected chi connectivity index (χ0v) is 24.4. The molecule has 43 heavy (non-hydrogen) atoms. The second kappa shape index (κ2) is 13.8. The van der Waals surface area contributed by atoms with Crippen molar-refractivity contribution in [3.05, 3.63) is 70.9 Å². The molecule has 0 radical (unpaired) electrons. The van der Waals surface area contributed by atoms with E-state index < -0.39 is 29.8 Å². The van der Waals surface area contributed by atoms with Gasteiger partial charge >= 0.3 is 24.2 Å². The van der Waals surface area contributed by atoms with Crippen LogP contribution in [0.2, 0.25) is 0 Å². The van der Waals surface area contributed by atoms with E-state index in [4.69, 9.17) is 9.47 Å². The minimum Gasteiger partial charge on any atom is -0.496 e. The van der Waals surface area contributed by atoms with Crippen molar-refractivity contribution in [2.24, 2.45) is 0 Å². The van der Waals surface area contributed by atoms with Crippen LogP contribution in [0.5, 0.6) is 5.75 Å². The standard InChI is InChI=1S/C30H36F3N5O5/c1-4-38-23(25(27(39)43-5-2)26(35-29(38)41)22-9-6-7-10-24(22)42-3)19-36-15-8-16-37(18-17-36)28(40)34-21-13-11-20(12-14-21)30(31,32)33/h6-7,9-14,26H,4-5,8,15-19H2,1-3H3,(H,34,40)(H,35,41). The first kappa shape index (κ1) is 31.7. The Bertz CT molecular complexity index is 1350. The number of benzene rings is 2. The first-order chi connectivity index (χ1) is 20.6. The van der Waals surface area contributed by atoms with Crippen LogP contribution in [0.4, 0.5) is 28.4 Å². The number of carbonyl (C=O) groups is 3. The normalized spacial score (nSPS) is 18.2. The number of likely N-dealkylation sites (N-methyl/N-ethyl adjacent to an activating group) is 1. The van der Waals surface area contributed by atoms with Gasteiger partial charge in [-0.25, -0.2) is 14.4 Å². The first-order valence-corrected chi connectivity index (χ1v) is 14.1. The van der Waals surface area contributed by atoms with Gasteiger partial charge in [-0.2, -0.15) is 13.2 Å². The van der Waals surface area contributed by atoms with Crippen LogP contribution in [0.15, 0.2) is 59.8 Å². The maximum atomic E-state index is 13.4. The van der Waals surface area contributed by atoms with Crippen LogP contribution in [0.3, 0.4) is 0 Å². The van der Waals surface area contributed by atoms with Gasteiger partial charge in [0.15, 0.2) is 0 Å². The van der Waals surface area contributed by atoms with Crippen LogP contribution in [0.25, 0.3) is 0 Å². The van der Waals surface area contributed by atoms with E-state index in [9.17, 15) is 27.6 Å². The molecule has 0 bridgehead atoms. The highest BCUT2D eigenvalue weighted by Crippen LogP contribution is 2.36. The highest BCUT2D eigenvalue weighted by molar-refractivity contribution is 5.95. The van der Waals surface area contributed by atoms with Gasteiger partial charge in [0, 0.05) is 56.2 Å². The zero-order valence-electron chi connectivity index (χ0n) is 24.4. The third kappa shape index (κ3) is 7.39. The van der Waals surface area contributed by atoms with Crippen molar-refractivity contribution in [1.82, 2.24) is 20.0 Å². The molecule has 2 aliphatic rings. The molecule has 1 unspecified atom stereocenters. The van der Waals surface area contributed by atoms with Gasteiger partial charge in [0.1, 0.15) is 5.75 Å². The molecule has 232 valence electrons. The molecule has 4 rings (SSSR count). The Kier molecular flexibility index (Phi) is 10.2. The van der Waals surface area contributed by atoms with E-state index >= 15 is 0 Å². The Morgan fingerprint density at radius 2 is 1.74 bits per heavy atom. The molecule has 0 spiro atoms. The van der Waals surface area contributed by atoms with E-state index in [1.807, 2.05) is 6.92 Å². The highest BCUT2D eigenvalue weighted by atomic mass is 19.4. The third-order valence-electron chi connectivity index (χ3n) is 7.41. The van der Waals surface area contributed by atoms with Crippen molar-refractivity contribution in [3.8, 4) is 5.75 Å². The number of nitrogens with one attached hydrogen (secondary N) is 2. The number of ether oxygens (including phenoxy) is 2. The van der Waals surface area contributed by atoms with Crippen molar-refractivity contribution >= 4 is 23.7 Å². The lowest BCUT2D eigenvalue weighted by Gasteiger charge is -2.38. The smallest absolute Gasteiger partial charge is 0.416 e. The molecule has 1 atom stereocenters. The quantitative estimate of drug-likeness (QED) is 0.418. The number of esters is 1. The summed E-state index contributed by atoms with van der Waals surface area (Å²) in [5.41, 5.74) is 0.921. The molecule has 0 saturated carbocycles. The molecule has 2 aliphatic heterocycles. The fourth-order valence-corrected chi connectivity index (χ4v) is 5.28. The molecule has 1 fully saturated rings. The predicted octanol–water partition coefficient (Wildman–Crippen LogP) is 4.86. The second-order valence-electron chi connectivity index (χ2n) is 10.1. The number of urea groups is 2. The van der Waals surface area contributed by atoms with Crippen molar-refractivity contribution in [2.45, 2.75) is 32.5 Å². The molecule has 1 saturated heterocycles. The Labute approximate surface area is 248 Å². The average Bonchev–Trinajstić information content (AvgIpc) is 3.22. The van der Waals surface area contributed by atoms with Gasteiger partial charge < -0.3 is 25.0 Å². The number of amides is 4. The lowest BCUT2D eigenvalue weighted by molar-refractivity contribution is -0.139. The molecule has 13 heteroatoms.